The van der Waals surface area contributed by atoms with E-state index in [1.165, 1.54) is 12.5 Å². The largest absolute Gasteiger partial charge is 0.461 e. The van der Waals surface area contributed by atoms with Crippen molar-refractivity contribution in [2.24, 2.45) is 0 Å². The molecule has 0 aromatic carbocycles. The van der Waals surface area contributed by atoms with Crippen LogP contribution in [0.3, 0.4) is 0 Å². The van der Waals surface area contributed by atoms with Gasteiger partial charge >= 0.3 is 0 Å². The van der Waals surface area contributed by atoms with Crippen molar-refractivity contribution in [1.82, 2.24) is 26.0 Å². The van der Waals surface area contributed by atoms with Gasteiger partial charge in [0.2, 0.25) is 17.6 Å². The molecule has 0 aliphatic carbocycles. The first-order chi connectivity index (χ1) is 11.7. The van der Waals surface area contributed by atoms with E-state index in [0.29, 0.717) is 23.0 Å². The number of rotatable bonds is 5. The molecule has 0 aliphatic rings. The zero-order chi connectivity index (χ0) is 16.8. The normalized spacial score (nSPS) is 10.3. The molecule has 0 spiro atoms. The molecular weight excluding hydrogens is 314 g/mol. The Kier molecular flexibility index (Phi) is 4.61. The Morgan fingerprint density at radius 3 is 2.83 bits per heavy atom. The maximum atomic E-state index is 11.7. The SMILES string of the molecule is O=C(CCc1nc(-c2ccco2)no1)NNC(=O)c1cccnc1. The fourth-order valence-corrected chi connectivity index (χ4v) is 1.84. The lowest BCUT2D eigenvalue weighted by molar-refractivity contribution is -0.121. The molecular formula is C15H13N5O4. The predicted octanol–water partition coefficient (Wildman–Crippen LogP) is 1.12. The molecule has 9 nitrogen and oxygen atoms in total. The minimum absolute atomic E-state index is 0.0765. The van der Waals surface area contributed by atoms with Gasteiger partial charge < -0.3 is 8.94 Å². The first kappa shape index (κ1) is 15.4. The van der Waals surface area contributed by atoms with E-state index in [1.54, 1.807) is 30.5 Å². The van der Waals surface area contributed by atoms with Gasteiger partial charge in [0.15, 0.2) is 5.76 Å². The molecule has 0 radical (unpaired) electrons. The van der Waals surface area contributed by atoms with E-state index < -0.39 is 5.91 Å². The van der Waals surface area contributed by atoms with Crippen molar-refractivity contribution in [3.05, 3.63) is 54.4 Å². The third kappa shape index (κ3) is 3.83. The molecule has 0 saturated heterocycles. The average molecular weight is 327 g/mol. The lowest BCUT2D eigenvalue weighted by atomic mass is 10.3. The summed E-state index contributed by atoms with van der Waals surface area (Å²) in [5.41, 5.74) is 4.96. The Bertz CT molecular complexity index is 814. The summed E-state index contributed by atoms with van der Waals surface area (Å²) >= 11 is 0. The summed E-state index contributed by atoms with van der Waals surface area (Å²) in [5.74, 6) is 0.271. The minimum Gasteiger partial charge on any atom is -0.461 e. The van der Waals surface area contributed by atoms with Gasteiger partial charge in [0.1, 0.15) is 0 Å². The number of pyridine rings is 1. The number of amides is 2. The van der Waals surface area contributed by atoms with E-state index in [9.17, 15) is 9.59 Å². The molecule has 0 unspecified atom stereocenters. The van der Waals surface area contributed by atoms with Crippen LogP contribution in [0.4, 0.5) is 0 Å². The van der Waals surface area contributed by atoms with Crippen LogP contribution in [0.5, 0.6) is 0 Å². The number of hydrogen-bond donors (Lipinski definition) is 2. The van der Waals surface area contributed by atoms with Gasteiger partial charge in [-0.15, -0.1) is 0 Å². The van der Waals surface area contributed by atoms with Crippen molar-refractivity contribution in [3.63, 3.8) is 0 Å². The molecule has 2 N–H and O–H groups in total. The van der Waals surface area contributed by atoms with E-state index in [4.69, 9.17) is 8.94 Å². The van der Waals surface area contributed by atoms with Crippen LogP contribution < -0.4 is 10.9 Å². The van der Waals surface area contributed by atoms with E-state index in [0.717, 1.165) is 0 Å². The maximum absolute atomic E-state index is 11.7. The molecule has 2 amide bonds. The third-order valence-electron chi connectivity index (χ3n) is 3.01. The van der Waals surface area contributed by atoms with Gasteiger partial charge in [-0.2, -0.15) is 4.98 Å². The molecule has 3 rings (SSSR count). The highest BCUT2D eigenvalue weighted by Gasteiger charge is 2.13. The lowest BCUT2D eigenvalue weighted by Crippen LogP contribution is -2.41. The van der Waals surface area contributed by atoms with E-state index >= 15 is 0 Å². The second-order valence-corrected chi connectivity index (χ2v) is 4.73. The topological polar surface area (TPSA) is 123 Å². The van der Waals surface area contributed by atoms with Crippen LogP contribution in [0, 0.1) is 0 Å². The molecule has 3 aromatic rings. The lowest BCUT2D eigenvalue weighted by Gasteiger charge is -2.06. The average Bonchev–Trinajstić information content (AvgIpc) is 3.29. The number of hydrazine groups is 1. The fourth-order valence-electron chi connectivity index (χ4n) is 1.84. The molecule has 3 aromatic heterocycles. The van der Waals surface area contributed by atoms with Crippen molar-refractivity contribution in [1.29, 1.82) is 0 Å². The van der Waals surface area contributed by atoms with Gasteiger partial charge in [0, 0.05) is 25.2 Å². The van der Waals surface area contributed by atoms with Crippen molar-refractivity contribution in [3.8, 4) is 11.6 Å². The second-order valence-electron chi connectivity index (χ2n) is 4.73. The Morgan fingerprint density at radius 2 is 2.08 bits per heavy atom. The predicted molar refractivity (Wildman–Crippen MR) is 80.2 cm³/mol. The summed E-state index contributed by atoms with van der Waals surface area (Å²) in [6.07, 6.45) is 4.77. The maximum Gasteiger partial charge on any atom is 0.271 e. The molecule has 122 valence electrons. The van der Waals surface area contributed by atoms with Crippen LogP contribution in [0.15, 0.2) is 51.9 Å². The Balaban J connectivity index is 1.45. The van der Waals surface area contributed by atoms with Crippen molar-refractivity contribution in [2.45, 2.75) is 12.8 Å². The summed E-state index contributed by atoms with van der Waals surface area (Å²) in [4.78, 5) is 31.4. The van der Waals surface area contributed by atoms with Gasteiger partial charge in [-0.25, -0.2) is 0 Å². The second kappa shape index (κ2) is 7.18. The summed E-state index contributed by atoms with van der Waals surface area (Å²) in [7, 11) is 0. The number of hydrogen-bond acceptors (Lipinski definition) is 7. The minimum atomic E-state index is -0.450. The molecule has 0 fully saturated rings. The highest BCUT2D eigenvalue weighted by atomic mass is 16.5. The highest BCUT2D eigenvalue weighted by molar-refractivity contribution is 5.95. The first-order valence-electron chi connectivity index (χ1n) is 7.08. The zero-order valence-electron chi connectivity index (χ0n) is 12.4. The van der Waals surface area contributed by atoms with E-state index in [2.05, 4.69) is 26.0 Å². The van der Waals surface area contributed by atoms with Crippen molar-refractivity contribution >= 4 is 11.8 Å². The van der Waals surface area contributed by atoms with Crippen molar-refractivity contribution < 1.29 is 18.5 Å². The molecule has 3 heterocycles. The number of nitrogens with zero attached hydrogens (tertiary/aromatic N) is 3. The number of nitrogens with one attached hydrogen (secondary N) is 2. The van der Waals surface area contributed by atoms with Crippen LogP contribution in [0.1, 0.15) is 22.7 Å². The highest BCUT2D eigenvalue weighted by Crippen LogP contribution is 2.16. The molecule has 0 atom stereocenters. The number of aryl methyl sites for hydroxylation is 1. The number of aromatic nitrogens is 3. The van der Waals surface area contributed by atoms with Gasteiger partial charge in [-0.1, -0.05) is 5.16 Å². The number of carbonyl (C=O) groups is 2. The number of carbonyl (C=O) groups excluding carboxylic acids is 2. The smallest absolute Gasteiger partial charge is 0.271 e. The third-order valence-corrected chi connectivity index (χ3v) is 3.01. The van der Waals surface area contributed by atoms with Gasteiger partial charge in [0.05, 0.1) is 11.8 Å². The van der Waals surface area contributed by atoms with E-state index in [-0.39, 0.29) is 18.7 Å². The summed E-state index contributed by atoms with van der Waals surface area (Å²) in [6.45, 7) is 0. The summed E-state index contributed by atoms with van der Waals surface area (Å²) < 4.78 is 10.2. The van der Waals surface area contributed by atoms with Crippen molar-refractivity contribution in [2.75, 3.05) is 0 Å². The molecule has 0 bridgehead atoms. The Labute approximate surface area is 136 Å². The van der Waals surface area contributed by atoms with Gasteiger partial charge in [0.25, 0.3) is 5.91 Å². The summed E-state index contributed by atoms with van der Waals surface area (Å²) in [6, 6.07) is 6.63. The molecule has 24 heavy (non-hydrogen) atoms. The van der Waals surface area contributed by atoms with Crippen LogP contribution in [0.25, 0.3) is 11.6 Å². The molecule has 9 heteroatoms. The van der Waals surface area contributed by atoms with Crippen LogP contribution >= 0.6 is 0 Å². The quantitative estimate of drug-likeness (QED) is 0.673. The monoisotopic (exact) mass is 327 g/mol. The molecule has 0 saturated carbocycles. The fraction of sp³-hybridized carbons (Fsp3) is 0.133. The Morgan fingerprint density at radius 1 is 1.17 bits per heavy atom. The first-order valence-corrected chi connectivity index (χ1v) is 7.08. The van der Waals surface area contributed by atoms with Gasteiger partial charge in [-0.05, 0) is 24.3 Å². The summed E-state index contributed by atoms with van der Waals surface area (Å²) in [5, 5.41) is 3.76. The zero-order valence-corrected chi connectivity index (χ0v) is 12.4. The standard InChI is InChI=1S/C15H13N5O4/c21-12(18-19-15(22)10-3-1-7-16-9-10)5-6-13-17-14(20-24-13)11-4-2-8-23-11/h1-4,7-9H,5-6H2,(H,18,21)(H,19,22). The van der Waals surface area contributed by atoms with E-state index in [1.807, 2.05) is 0 Å². The Hall–Kier alpha value is -3.49. The van der Waals surface area contributed by atoms with Crippen LogP contribution in [-0.2, 0) is 11.2 Å². The number of furan rings is 1. The molecule has 0 aliphatic heterocycles. The van der Waals surface area contributed by atoms with Crippen LogP contribution in [0.2, 0.25) is 0 Å². The van der Waals surface area contributed by atoms with Gasteiger partial charge in [-0.3, -0.25) is 25.4 Å². The van der Waals surface area contributed by atoms with Crippen LogP contribution in [-0.4, -0.2) is 26.9 Å².